The summed E-state index contributed by atoms with van der Waals surface area (Å²) in [5.74, 6) is -0.971. The predicted octanol–water partition coefficient (Wildman–Crippen LogP) is 7.37. The second kappa shape index (κ2) is 12.9. The van der Waals surface area contributed by atoms with Gasteiger partial charge in [-0.15, -0.1) is 0 Å². The van der Waals surface area contributed by atoms with Crippen molar-refractivity contribution in [2.24, 2.45) is 4.99 Å². The van der Waals surface area contributed by atoms with Gasteiger partial charge in [0.1, 0.15) is 5.82 Å². The van der Waals surface area contributed by atoms with Gasteiger partial charge in [0.05, 0.1) is 39.8 Å². The number of benzene rings is 4. The lowest BCUT2D eigenvalue weighted by atomic mass is 9.96. The number of allylic oxidation sites excluding steroid dienone is 1. The van der Waals surface area contributed by atoms with Crippen molar-refractivity contribution in [1.29, 1.82) is 0 Å². The van der Waals surface area contributed by atoms with Gasteiger partial charge in [-0.1, -0.05) is 102 Å². The van der Waals surface area contributed by atoms with Crippen molar-refractivity contribution >= 4 is 23.4 Å². The molecule has 6 nitrogen and oxygen atoms in total. The fourth-order valence-electron chi connectivity index (χ4n) is 6.21. The number of thiazole rings is 1. The maximum Gasteiger partial charge on any atom is 0.338 e. The Kier molecular flexibility index (Phi) is 8.33. The molecule has 3 heterocycles. The third kappa shape index (κ3) is 5.65. The molecular formula is C40H32FN3O3S. The van der Waals surface area contributed by atoms with E-state index in [1.54, 1.807) is 26.0 Å². The number of rotatable bonds is 7. The van der Waals surface area contributed by atoms with E-state index in [0.717, 1.165) is 39.3 Å². The van der Waals surface area contributed by atoms with Crippen LogP contribution in [0, 0.1) is 12.7 Å². The van der Waals surface area contributed by atoms with Crippen LogP contribution in [0.15, 0.2) is 136 Å². The van der Waals surface area contributed by atoms with Crippen molar-refractivity contribution in [2.75, 3.05) is 6.61 Å². The molecule has 0 aliphatic carbocycles. The molecule has 6 aromatic rings. The van der Waals surface area contributed by atoms with Gasteiger partial charge in [-0.25, -0.2) is 14.2 Å². The summed E-state index contributed by atoms with van der Waals surface area (Å²) in [6.45, 7) is 5.70. The molecule has 0 fully saturated rings. The van der Waals surface area contributed by atoms with Gasteiger partial charge in [-0.2, -0.15) is 0 Å². The number of aryl methyl sites for hydroxylation is 1. The van der Waals surface area contributed by atoms with Gasteiger partial charge >= 0.3 is 5.97 Å². The van der Waals surface area contributed by atoms with Gasteiger partial charge in [0.2, 0.25) is 0 Å². The summed E-state index contributed by atoms with van der Waals surface area (Å²) in [5, 5.41) is 0. The van der Waals surface area contributed by atoms with Gasteiger partial charge in [0.15, 0.2) is 4.80 Å². The second-order valence-electron chi connectivity index (χ2n) is 11.6. The number of hydrogen-bond donors (Lipinski definition) is 0. The van der Waals surface area contributed by atoms with E-state index in [4.69, 9.17) is 9.73 Å². The van der Waals surface area contributed by atoms with Gasteiger partial charge in [0, 0.05) is 11.3 Å². The zero-order valence-corrected chi connectivity index (χ0v) is 27.5. The maximum absolute atomic E-state index is 14.4. The van der Waals surface area contributed by atoms with Crippen molar-refractivity contribution in [1.82, 2.24) is 9.13 Å². The Labute approximate surface area is 281 Å². The van der Waals surface area contributed by atoms with Gasteiger partial charge in [-0.05, 0) is 73.9 Å². The minimum absolute atomic E-state index is 0.167. The fourth-order valence-corrected chi connectivity index (χ4v) is 7.25. The molecule has 0 bridgehead atoms. The highest BCUT2D eigenvalue weighted by Gasteiger charge is 2.33. The quantitative estimate of drug-likeness (QED) is 0.169. The minimum Gasteiger partial charge on any atom is -0.463 e. The molecule has 0 radical (unpaired) electrons. The maximum atomic E-state index is 14.4. The molecule has 7 rings (SSSR count). The summed E-state index contributed by atoms with van der Waals surface area (Å²) < 4.78 is 23.6. The summed E-state index contributed by atoms with van der Waals surface area (Å²) in [5.41, 5.74) is 7.92. The van der Waals surface area contributed by atoms with Crippen LogP contribution in [-0.4, -0.2) is 21.7 Å². The third-order valence-corrected chi connectivity index (χ3v) is 9.41. The standard InChI is InChI=1S/C40H32FN3O3S/c1-4-47-39(46)35-26(3)42-40-44(37(35)29-17-19-31(41)20-18-29)38(45)34(48-40)24-30-23-33(27-11-7-5-8-12-27)43(32-21-15-25(2)16-22-32)36(30)28-13-9-6-10-14-28/h5-24,37H,4H2,1-3H3/b34-24-/t37-/m1/s1. The van der Waals surface area contributed by atoms with Crippen LogP contribution in [0.3, 0.4) is 0 Å². The minimum atomic E-state index is -0.825. The van der Waals surface area contributed by atoms with Gasteiger partial charge in [-0.3, -0.25) is 9.36 Å². The van der Waals surface area contributed by atoms with Crippen molar-refractivity contribution in [3.8, 4) is 28.2 Å². The fraction of sp³-hybridized carbons (Fsp3) is 0.125. The van der Waals surface area contributed by atoms with Crippen molar-refractivity contribution in [3.05, 3.63) is 169 Å². The first-order valence-corrected chi connectivity index (χ1v) is 16.5. The first-order valence-electron chi connectivity index (χ1n) is 15.7. The Balaban J connectivity index is 1.51. The summed E-state index contributed by atoms with van der Waals surface area (Å²) in [4.78, 5) is 32.9. The average molecular weight is 654 g/mol. The smallest absolute Gasteiger partial charge is 0.338 e. The van der Waals surface area contributed by atoms with Crippen molar-refractivity contribution in [2.45, 2.75) is 26.8 Å². The summed E-state index contributed by atoms with van der Waals surface area (Å²) in [6.07, 6.45) is 1.91. The SMILES string of the molecule is CCOC(=O)C1=C(C)N=c2s/c(=C\c3cc(-c4ccccc4)n(-c4ccc(C)cc4)c3-c3ccccc3)c(=O)n2[C@@H]1c1ccc(F)cc1. The van der Waals surface area contributed by atoms with Gasteiger partial charge < -0.3 is 9.30 Å². The number of ether oxygens (including phenoxy) is 1. The highest BCUT2D eigenvalue weighted by molar-refractivity contribution is 7.07. The summed E-state index contributed by atoms with van der Waals surface area (Å²) in [7, 11) is 0. The van der Waals surface area contributed by atoms with Crippen LogP contribution in [0.2, 0.25) is 0 Å². The topological polar surface area (TPSA) is 65.6 Å². The van der Waals surface area contributed by atoms with Crippen LogP contribution in [-0.2, 0) is 9.53 Å². The van der Waals surface area contributed by atoms with E-state index in [1.807, 2.05) is 42.5 Å². The van der Waals surface area contributed by atoms with Crippen LogP contribution < -0.4 is 14.9 Å². The number of fused-ring (bicyclic) bond motifs is 1. The van der Waals surface area contributed by atoms with E-state index in [1.165, 1.54) is 28.0 Å². The molecule has 0 amide bonds. The average Bonchev–Trinajstić information content (AvgIpc) is 3.62. The van der Waals surface area contributed by atoms with Crippen molar-refractivity contribution < 1.29 is 13.9 Å². The zero-order chi connectivity index (χ0) is 33.4. The monoisotopic (exact) mass is 653 g/mol. The third-order valence-electron chi connectivity index (χ3n) is 8.43. The van der Waals surface area contributed by atoms with E-state index >= 15 is 0 Å². The molecule has 0 saturated carbocycles. The van der Waals surface area contributed by atoms with Crippen LogP contribution in [0.5, 0.6) is 0 Å². The first-order chi connectivity index (χ1) is 23.3. The van der Waals surface area contributed by atoms with Crippen LogP contribution in [0.4, 0.5) is 4.39 Å². The molecule has 1 aliphatic rings. The number of esters is 1. The molecule has 0 saturated heterocycles. The van der Waals surface area contributed by atoms with E-state index < -0.39 is 17.8 Å². The normalized spacial score (nSPS) is 14.5. The lowest BCUT2D eigenvalue weighted by molar-refractivity contribution is -0.139. The number of carbonyl (C=O) groups is 1. The van der Waals surface area contributed by atoms with E-state index in [-0.39, 0.29) is 17.7 Å². The van der Waals surface area contributed by atoms with Crippen LogP contribution in [0.1, 0.15) is 36.6 Å². The number of hydrogen-bond acceptors (Lipinski definition) is 5. The molecule has 8 heteroatoms. The van der Waals surface area contributed by atoms with Crippen LogP contribution >= 0.6 is 11.3 Å². The predicted molar refractivity (Wildman–Crippen MR) is 188 cm³/mol. The molecule has 4 aromatic carbocycles. The largest absolute Gasteiger partial charge is 0.463 e. The zero-order valence-electron chi connectivity index (χ0n) is 26.7. The Morgan fingerprint density at radius 3 is 2.19 bits per heavy atom. The molecule has 0 spiro atoms. The first kappa shape index (κ1) is 31.0. The van der Waals surface area contributed by atoms with E-state index in [0.29, 0.717) is 20.6 Å². The Morgan fingerprint density at radius 2 is 1.54 bits per heavy atom. The number of carbonyl (C=O) groups excluding carboxylic acids is 1. The Morgan fingerprint density at radius 1 is 0.896 bits per heavy atom. The molecule has 1 atom stereocenters. The number of aromatic nitrogens is 2. The Hall–Kier alpha value is -5.60. The molecule has 0 unspecified atom stereocenters. The molecule has 48 heavy (non-hydrogen) atoms. The second-order valence-corrected chi connectivity index (χ2v) is 12.6. The number of nitrogens with zero attached hydrogens (tertiary/aromatic N) is 3. The lowest BCUT2D eigenvalue weighted by Gasteiger charge is -2.24. The highest BCUT2D eigenvalue weighted by atomic mass is 32.1. The summed E-state index contributed by atoms with van der Waals surface area (Å²) in [6, 6.07) is 35.8. The Bertz CT molecular complexity index is 2350. The summed E-state index contributed by atoms with van der Waals surface area (Å²) >= 11 is 1.26. The molecule has 0 N–H and O–H groups in total. The molecular weight excluding hydrogens is 622 g/mol. The van der Waals surface area contributed by atoms with E-state index in [2.05, 4.69) is 66.1 Å². The van der Waals surface area contributed by atoms with E-state index in [9.17, 15) is 14.0 Å². The van der Waals surface area contributed by atoms with Crippen LogP contribution in [0.25, 0.3) is 34.3 Å². The van der Waals surface area contributed by atoms with Crippen molar-refractivity contribution in [3.63, 3.8) is 0 Å². The number of halogens is 1. The lowest BCUT2D eigenvalue weighted by Crippen LogP contribution is -2.39. The molecule has 2 aromatic heterocycles. The molecule has 238 valence electrons. The molecule has 1 aliphatic heterocycles. The highest BCUT2D eigenvalue weighted by Crippen LogP contribution is 2.37. The van der Waals surface area contributed by atoms with Gasteiger partial charge in [0.25, 0.3) is 5.56 Å².